The number of anilines is 2. The van der Waals surface area contributed by atoms with Gasteiger partial charge in [-0.1, -0.05) is 12.1 Å². The van der Waals surface area contributed by atoms with Gasteiger partial charge < -0.3 is 9.80 Å². The molecule has 2 aromatic rings. The van der Waals surface area contributed by atoms with Crippen molar-refractivity contribution in [2.45, 2.75) is 38.5 Å². The lowest BCUT2D eigenvalue weighted by Gasteiger charge is -2.35. The number of nitrogens with zero attached hydrogens (tertiary/aromatic N) is 5. The first-order valence-corrected chi connectivity index (χ1v) is 11.7. The van der Waals surface area contributed by atoms with E-state index in [-0.39, 0.29) is 0 Å². The van der Waals surface area contributed by atoms with E-state index in [2.05, 4.69) is 19.8 Å². The van der Waals surface area contributed by atoms with Crippen molar-refractivity contribution >= 4 is 21.7 Å². The molecule has 3 heterocycles. The minimum Gasteiger partial charge on any atom is -0.356 e. The molecule has 2 fully saturated rings. The van der Waals surface area contributed by atoms with Crippen LogP contribution < -0.4 is 9.80 Å². The first kappa shape index (κ1) is 20.1. The number of sulfonamides is 1. The topological polar surface area (TPSA) is 69.6 Å². The molecule has 2 aliphatic heterocycles. The minimum absolute atomic E-state index is 0.417. The number of rotatable bonds is 4. The highest BCUT2D eigenvalue weighted by Crippen LogP contribution is 2.26. The highest BCUT2D eigenvalue weighted by atomic mass is 32.2. The van der Waals surface area contributed by atoms with Gasteiger partial charge in [0.25, 0.3) is 0 Å². The molecule has 2 aliphatic rings. The molecule has 29 heavy (non-hydrogen) atoms. The van der Waals surface area contributed by atoms with E-state index < -0.39 is 10.0 Å². The van der Waals surface area contributed by atoms with Crippen molar-refractivity contribution in [2.24, 2.45) is 0 Å². The Balaban J connectivity index is 1.50. The number of hydrogen-bond acceptors (Lipinski definition) is 6. The van der Waals surface area contributed by atoms with Crippen LogP contribution in [-0.4, -0.2) is 62.0 Å². The van der Waals surface area contributed by atoms with Crippen molar-refractivity contribution in [1.29, 1.82) is 0 Å². The Morgan fingerprint density at radius 3 is 2.00 bits per heavy atom. The molecule has 156 valence electrons. The molecule has 1 aromatic carbocycles. The van der Waals surface area contributed by atoms with Crippen LogP contribution in [0.25, 0.3) is 0 Å². The second-order valence-electron chi connectivity index (χ2n) is 7.99. The largest absolute Gasteiger partial charge is 0.356 e. The van der Waals surface area contributed by atoms with Crippen LogP contribution in [-0.2, 0) is 10.0 Å². The molecule has 0 N–H and O–H groups in total. The number of piperazine rings is 1. The molecular formula is C21H29N5O2S. The fourth-order valence-electron chi connectivity index (χ4n) is 4.09. The summed E-state index contributed by atoms with van der Waals surface area (Å²) in [7, 11) is -3.48. The molecule has 0 spiro atoms. The summed E-state index contributed by atoms with van der Waals surface area (Å²) in [5, 5.41) is 0. The molecule has 1 aromatic heterocycles. The third kappa shape index (κ3) is 4.09. The first-order chi connectivity index (χ1) is 13.8. The third-order valence-corrected chi connectivity index (χ3v) is 7.81. The lowest BCUT2D eigenvalue weighted by atomic mass is 10.2. The molecular weight excluding hydrogens is 386 g/mol. The average molecular weight is 416 g/mol. The third-order valence-electron chi connectivity index (χ3n) is 5.77. The number of aryl methyl sites for hydroxylation is 3. The maximum Gasteiger partial charge on any atom is 0.243 e. The van der Waals surface area contributed by atoms with Gasteiger partial charge in [0.05, 0.1) is 4.90 Å². The van der Waals surface area contributed by atoms with Gasteiger partial charge in [0, 0.05) is 45.3 Å². The van der Waals surface area contributed by atoms with Crippen molar-refractivity contribution < 1.29 is 8.42 Å². The Hall–Kier alpha value is -2.19. The average Bonchev–Trinajstić information content (AvgIpc) is 3.24. The van der Waals surface area contributed by atoms with Gasteiger partial charge in [-0.2, -0.15) is 4.31 Å². The number of benzene rings is 1. The summed E-state index contributed by atoms with van der Waals surface area (Å²) >= 11 is 0. The summed E-state index contributed by atoms with van der Waals surface area (Å²) in [6, 6.07) is 7.64. The normalized spacial score (nSPS) is 18.4. The molecule has 0 bridgehead atoms. The zero-order valence-corrected chi connectivity index (χ0v) is 18.2. The van der Waals surface area contributed by atoms with Crippen molar-refractivity contribution in [3.63, 3.8) is 0 Å². The minimum atomic E-state index is -3.48. The van der Waals surface area contributed by atoms with Crippen molar-refractivity contribution in [3.05, 3.63) is 41.2 Å². The van der Waals surface area contributed by atoms with Crippen molar-refractivity contribution in [2.75, 3.05) is 49.1 Å². The number of aromatic nitrogens is 2. The van der Waals surface area contributed by atoms with Gasteiger partial charge in [-0.25, -0.2) is 18.4 Å². The molecule has 7 nitrogen and oxygen atoms in total. The van der Waals surface area contributed by atoms with Gasteiger partial charge in [0.1, 0.15) is 17.5 Å². The molecule has 4 rings (SSSR count). The Labute approximate surface area is 173 Å². The standard InChI is InChI=1S/C21H29N5O2S/c1-16-6-7-17(2)19(14-16)29(27,28)26-12-10-25(11-13-26)21-15-20(22-18(3)23-21)24-8-4-5-9-24/h6-7,14-15H,4-5,8-13H2,1-3H3. The zero-order valence-electron chi connectivity index (χ0n) is 17.4. The fourth-order valence-corrected chi connectivity index (χ4v) is 5.82. The Morgan fingerprint density at radius 1 is 0.793 bits per heavy atom. The van der Waals surface area contributed by atoms with E-state index in [1.807, 2.05) is 39.0 Å². The van der Waals surface area contributed by atoms with Crippen LogP contribution in [0, 0.1) is 20.8 Å². The van der Waals surface area contributed by atoms with Crippen LogP contribution in [0.3, 0.4) is 0 Å². The van der Waals surface area contributed by atoms with Crippen LogP contribution in [0.5, 0.6) is 0 Å². The summed E-state index contributed by atoms with van der Waals surface area (Å²) in [6.45, 7) is 9.94. The van der Waals surface area contributed by atoms with E-state index in [9.17, 15) is 8.42 Å². The fraction of sp³-hybridized carbons (Fsp3) is 0.524. The first-order valence-electron chi connectivity index (χ1n) is 10.3. The smallest absolute Gasteiger partial charge is 0.243 e. The van der Waals surface area contributed by atoms with E-state index in [0.29, 0.717) is 31.1 Å². The van der Waals surface area contributed by atoms with Gasteiger partial charge in [-0.15, -0.1) is 0 Å². The zero-order chi connectivity index (χ0) is 20.6. The van der Waals surface area contributed by atoms with Crippen LogP contribution in [0.15, 0.2) is 29.2 Å². The van der Waals surface area contributed by atoms with E-state index in [1.165, 1.54) is 12.8 Å². The maximum absolute atomic E-state index is 13.2. The van der Waals surface area contributed by atoms with Gasteiger partial charge >= 0.3 is 0 Å². The molecule has 0 amide bonds. The molecule has 0 radical (unpaired) electrons. The van der Waals surface area contributed by atoms with Crippen LogP contribution >= 0.6 is 0 Å². The molecule has 0 aliphatic carbocycles. The molecule has 0 unspecified atom stereocenters. The van der Waals surface area contributed by atoms with Gasteiger partial charge in [0.15, 0.2) is 0 Å². The highest BCUT2D eigenvalue weighted by molar-refractivity contribution is 7.89. The monoisotopic (exact) mass is 415 g/mol. The Morgan fingerprint density at radius 2 is 1.38 bits per heavy atom. The summed E-state index contributed by atoms with van der Waals surface area (Å²) in [5.74, 6) is 2.63. The lowest BCUT2D eigenvalue weighted by Crippen LogP contribution is -2.49. The van der Waals surface area contributed by atoms with Crippen LogP contribution in [0.1, 0.15) is 29.8 Å². The summed E-state index contributed by atoms with van der Waals surface area (Å²) < 4.78 is 27.9. The number of hydrogen-bond donors (Lipinski definition) is 0. The highest BCUT2D eigenvalue weighted by Gasteiger charge is 2.30. The Bertz CT molecular complexity index is 994. The van der Waals surface area contributed by atoms with Gasteiger partial charge in [0.2, 0.25) is 10.0 Å². The molecule has 8 heteroatoms. The quantitative estimate of drug-likeness (QED) is 0.764. The Kier molecular flexibility index (Phi) is 5.48. The van der Waals surface area contributed by atoms with Crippen molar-refractivity contribution in [1.82, 2.24) is 14.3 Å². The van der Waals surface area contributed by atoms with Crippen LogP contribution in [0.2, 0.25) is 0 Å². The summed E-state index contributed by atoms with van der Waals surface area (Å²) in [4.78, 5) is 14.1. The van der Waals surface area contributed by atoms with E-state index in [1.54, 1.807) is 10.4 Å². The summed E-state index contributed by atoms with van der Waals surface area (Å²) in [6.07, 6.45) is 2.40. The van der Waals surface area contributed by atoms with E-state index in [4.69, 9.17) is 0 Å². The van der Waals surface area contributed by atoms with Crippen molar-refractivity contribution in [3.8, 4) is 0 Å². The lowest BCUT2D eigenvalue weighted by molar-refractivity contribution is 0.383. The molecule has 0 atom stereocenters. The molecule has 0 saturated carbocycles. The second-order valence-corrected chi connectivity index (χ2v) is 9.89. The predicted molar refractivity (Wildman–Crippen MR) is 115 cm³/mol. The van der Waals surface area contributed by atoms with E-state index >= 15 is 0 Å². The van der Waals surface area contributed by atoms with E-state index in [0.717, 1.165) is 41.7 Å². The van der Waals surface area contributed by atoms with Gasteiger partial charge in [-0.05, 0) is 50.8 Å². The van der Waals surface area contributed by atoms with Crippen LogP contribution in [0.4, 0.5) is 11.6 Å². The second kappa shape index (κ2) is 7.91. The summed E-state index contributed by atoms with van der Waals surface area (Å²) in [5.41, 5.74) is 1.75. The molecule has 2 saturated heterocycles. The predicted octanol–water partition coefficient (Wildman–Crippen LogP) is 2.51. The maximum atomic E-state index is 13.2. The SMILES string of the molecule is Cc1ccc(C)c(S(=O)(=O)N2CCN(c3cc(N4CCCC4)nc(C)n3)CC2)c1. The van der Waals surface area contributed by atoms with Gasteiger partial charge in [-0.3, -0.25) is 0 Å².